The molecule has 16 heavy (non-hydrogen) atoms. The number of aldehydes is 1. The molecular weight excluding hydrogens is 207 g/mol. The lowest BCUT2D eigenvalue weighted by molar-refractivity contribution is 0.112. The van der Waals surface area contributed by atoms with Crippen LogP contribution in [-0.4, -0.2) is 11.4 Å². The first kappa shape index (κ1) is 10.4. The van der Waals surface area contributed by atoms with E-state index in [1.807, 2.05) is 0 Å². The number of carbonyl (C=O) groups excluding carboxylic acids is 1. The second kappa shape index (κ2) is 4.14. The Bertz CT molecular complexity index is 518. The quantitative estimate of drug-likeness (QED) is 0.783. The van der Waals surface area contributed by atoms with Crippen LogP contribution in [0.4, 0.5) is 4.39 Å². The van der Waals surface area contributed by atoms with Gasteiger partial charge in [0.15, 0.2) is 11.6 Å². The maximum Gasteiger partial charge on any atom is 0.172 e. The van der Waals surface area contributed by atoms with Crippen LogP contribution in [0.15, 0.2) is 42.5 Å². The van der Waals surface area contributed by atoms with Crippen molar-refractivity contribution in [2.75, 3.05) is 0 Å². The van der Waals surface area contributed by atoms with Crippen LogP contribution in [0, 0.1) is 5.82 Å². The number of phenols is 1. The Morgan fingerprint density at radius 3 is 2.38 bits per heavy atom. The first-order valence-electron chi connectivity index (χ1n) is 4.75. The Kier molecular flexibility index (Phi) is 2.68. The molecular formula is C13H9FO2. The number of phenolic OH excluding ortho intramolecular Hbond substituents is 1. The van der Waals surface area contributed by atoms with Crippen molar-refractivity contribution in [2.45, 2.75) is 0 Å². The molecule has 0 spiro atoms. The normalized spacial score (nSPS) is 10.1. The van der Waals surface area contributed by atoms with Crippen LogP contribution in [0.3, 0.4) is 0 Å². The highest BCUT2D eigenvalue weighted by molar-refractivity contribution is 5.77. The highest BCUT2D eigenvalue weighted by atomic mass is 19.1. The second-order valence-electron chi connectivity index (χ2n) is 3.38. The first-order valence-corrected chi connectivity index (χ1v) is 4.75. The van der Waals surface area contributed by atoms with E-state index in [0.29, 0.717) is 16.7 Å². The Morgan fingerprint density at radius 1 is 1.06 bits per heavy atom. The first-order chi connectivity index (χ1) is 7.72. The minimum Gasteiger partial charge on any atom is -0.505 e. The molecule has 2 aromatic rings. The third-order valence-corrected chi connectivity index (χ3v) is 2.34. The Balaban J connectivity index is 2.50. The minimum absolute atomic E-state index is 0.317. The van der Waals surface area contributed by atoms with Crippen LogP contribution in [0.25, 0.3) is 11.1 Å². The van der Waals surface area contributed by atoms with E-state index in [-0.39, 0.29) is 5.75 Å². The standard InChI is InChI=1S/C13H9FO2/c14-13-11(2-1-3-12(13)16)10-6-4-9(8-15)5-7-10/h1-8,16H. The van der Waals surface area contributed by atoms with Crippen molar-refractivity contribution < 1.29 is 14.3 Å². The summed E-state index contributed by atoms with van der Waals surface area (Å²) in [6.45, 7) is 0. The molecule has 1 N–H and O–H groups in total. The fourth-order valence-electron chi connectivity index (χ4n) is 1.48. The fourth-order valence-corrected chi connectivity index (χ4v) is 1.48. The second-order valence-corrected chi connectivity index (χ2v) is 3.38. The molecule has 0 unspecified atom stereocenters. The van der Waals surface area contributed by atoms with E-state index in [1.54, 1.807) is 36.4 Å². The topological polar surface area (TPSA) is 37.3 Å². The van der Waals surface area contributed by atoms with Crippen LogP contribution < -0.4 is 0 Å². The van der Waals surface area contributed by atoms with Gasteiger partial charge >= 0.3 is 0 Å². The Hall–Kier alpha value is -2.16. The van der Waals surface area contributed by atoms with E-state index in [0.717, 1.165) is 6.29 Å². The van der Waals surface area contributed by atoms with Gasteiger partial charge in [0, 0.05) is 11.1 Å². The maximum absolute atomic E-state index is 13.6. The molecule has 0 saturated carbocycles. The van der Waals surface area contributed by atoms with Gasteiger partial charge in [-0.25, -0.2) is 4.39 Å². The summed E-state index contributed by atoms with van der Waals surface area (Å²) in [4.78, 5) is 10.5. The molecule has 2 nitrogen and oxygen atoms in total. The average Bonchev–Trinajstić information content (AvgIpc) is 2.33. The smallest absolute Gasteiger partial charge is 0.172 e. The van der Waals surface area contributed by atoms with Crippen LogP contribution in [-0.2, 0) is 0 Å². The van der Waals surface area contributed by atoms with Crippen molar-refractivity contribution in [3.63, 3.8) is 0 Å². The van der Waals surface area contributed by atoms with Gasteiger partial charge in [-0.3, -0.25) is 4.79 Å². The number of aromatic hydroxyl groups is 1. The van der Waals surface area contributed by atoms with Gasteiger partial charge < -0.3 is 5.11 Å². The van der Waals surface area contributed by atoms with Gasteiger partial charge in [-0.05, 0) is 11.6 Å². The SMILES string of the molecule is O=Cc1ccc(-c2cccc(O)c2F)cc1. The summed E-state index contributed by atoms with van der Waals surface area (Å²) in [6.07, 6.45) is 0.725. The Labute approximate surface area is 92.0 Å². The number of carbonyl (C=O) groups is 1. The van der Waals surface area contributed by atoms with Gasteiger partial charge in [0.25, 0.3) is 0 Å². The van der Waals surface area contributed by atoms with Gasteiger partial charge in [-0.1, -0.05) is 36.4 Å². The lowest BCUT2D eigenvalue weighted by Gasteiger charge is -2.04. The monoisotopic (exact) mass is 216 g/mol. The van der Waals surface area contributed by atoms with E-state index in [2.05, 4.69) is 0 Å². The van der Waals surface area contributed by atoms with E-state index in [1.165, 1.54) is 6.07 Å². The molecule has 2 rings (SSSR count). The molecule has 0 aliphatic heterocycles. The summed E-state index contributed by atoms with van der Waals surface area (Å²) in [7, 11) is 0. The van der Waals surface area contributed by atoms with Crippen molar-refractivity contribution in [1.82, 2.24) is 0 Å². The van der Waals surface area contributed by atoms with Gasteiger partial charge in [-0.2, -0.15) is 0 Å². The molecule has 0 aliphatic carbocycles. The summed E-state index contributed by atoms with van der Waals surface area (Å²) in [5.74, 6) is -1.03. The molecule has 0 radical (unpaired) electrons. The molecule has 0 heterocycles. The van der Waals surface area contributed by atoms with Crippen molar-refractivity contribution >= 4 is 6.29 Å². The number of benzene rings is 2. The zero-order valence-electron chi connectivity index (χ0n) is 8.35. The van der Waals surface area contributed by atoms with Crippen molar-refractivity contribution in [2.24, 2.45) is 0 Å². The molecule has 2 aromatic carbocycles. The summed E-state index contributed by atoms with van der Waals surface area (Å²) in [5.41, 5.74) is 1.47. The molecule has 80 valence electrons. The molecule has 0 atom stereocenters. The van der Waals surface area contributed by atoms with Crippen LogP contribution in [0.5, 0.6) is 5.75 Å². The van der Waals surface area contributed by atoms with Crippen molar-refractivity contribution in [3.8, 4) is 16.9 Å². The molecule has 0 aliphatic rings. The molecule has 0 saturated heterocycles. The highest BCUT2D eigenvalue weighted by Gasteiger charge is 2.08. The van der Waals surface area contributed by atoms with E-state index < -0.39 is 5.82 Å². The van der Waals surface area contributed by atoms with Crippen molar-refractivity contribution in [3.05, 3.63) is 53.8 Å². The number of hydrogen-bond acceptors (Lipinski definition) is 2. The van der Waals surface area contributed by atoms with E-state index >= 15 is 0 Å². The van der Waals surface area contributed by atoms with Gasteiger partial charge in [0.05, 0.1) is 0 Å². The third-order valence-electron chi connectivity index (χ3n) is 2.34. The van der Waals surface area contributed by atoms with E-state index in [4.69, 9.17) is 0 Å². The maximum atomic E-state index is 13.6. The number of halogens is 1. The van der Waals surface area contributed by atoms with Crippen LogP contribution >= 0.6 is 0 Å². The fraction of sp³-hybridized carbons (Fsp3) is 0. The largest absolute Gasteiger partial charge is 0.505 e. The Morgan fingerprint density at radius 2 is 1.75 bits per heavy atom. The summed E-state index contributed by atoms with van der Waals surface area (Å²) in [5, 5.41) is 9.23. The zero-order chi connectivity index (χ0) is 11.5. The van der Waals surface area contributed by atoms with Crippen molar-refractivity contribution in [1.29, 1.82) is 0 Å². The molecule has 0 bridgehead atoms. The molecule has 0 fully saturated rings. The van der Waals surface area contributed by atoms with Gasteiger partial charge in [0.1, 0.15) is 6.29 Å². The molecule has 0 aromatic heterocycles. The zero-order valence-corrected chi connectivity index (χ0v) is 8.35. The predicted molar refractivity (Wildman–Crippen MR) is 58.9 cm³/mol. The van der Waals surface area contributed by atoms with E-state index in [9.17, 15) is 14.3 Å². The van der Waals surface area contributed by atoms with Crippen LogP contribution in [0.1, 0.15) is 10.4 Å². The third kappa shape index (κ3) is 1.80. The van der Waals surface area contributed by atoms with Crippen LogP contribution in [0.2, 0.25) is 0 Å². The summed E-state index contributed by atoms with van der Waals surface area (Å²) in [6, 6.07) is 10.9. The summed E-state index contributed by atoms with van der Waals surface area (Å²) >= 11 is 0. The molecule has 3 heteroatoms. The number of rotatable bonds is 2. The average molecular weight is 216 g/mol. The van der Waals surface area contributed by atoms with Gasteiger partial charge in [0.2, 0.25) is 0 Å². The lowest BCUT2D eigenvalue weighted by Crippen LogP contribution is -1.86. The minimum atomic E-state index is -0.652. The number of hydrogen-bond donors (Lipinski definition) is 1. The molecule has 0 amide bonds. The highest BCUT2D eigenvalue weighted by Crippen LogP contribution is 2.28. The van der Waals surface area contributed by atoms with Gasteiger partial charge in [-0.15, -0.1) is 0 Å². The lowest BCUT2D eigenvalue weighted by atomic mass is 10.0. The summed E-state index contributed by atoms with van der Waals surface area (Å²) < 4.78 is 13.6. The predicted octanol–water partition coefficient (Wildman–Crippen LogP) is 3.01.